The molecular weight excluding hydrogens is 354 g/mol. The zero-order chi connectivity index (χ0) is 14.0. The molecule has 7 heteroatoms. The quantitative estimate of drug-likeness (QED) is 0.528. The number of hydrogen-bond acceptors (Lipinski definition) is 4. The highest BCUT2D eigenvalue weighted by molar-refractivity contribution is 9.10. The summed E-state index contributed by atoms with van der Waals surface area (Å²) in [6.07, 6.45) is 2.73. The van der Waals surface area contributed by atoms with Crippen LogP contribution in [0.4, 0.5) is 0 Å². The Labute approximate surface area is 134 Å². The van der Waals surface area contributed by atoms with Crippen LogP contribution >= 0.6 is 15.9 Å². The molecule has 0 amide bonds. The van der Waals surface area contributed by atoms with E-state index >= 15 is 0 Å². The molecule has 2 aliphatic rings. The SMILES string of the molecule is C.Cc1nc2nc3c1cc(Br)c(=O)n3C1CCCC1[S+]2[O-]. The van der Waals surface area contributed by atoms with Crippen LogP contribution in [0, 0.1) is 6.92 Å². The van der Waals surface area contributed by atoms with Gasteiger partial charge in [-0.3, -0.25) is 9.36 Å². The number of aromatic nitrogens is 3. The van der Waals surface area contributed by atoms with Crippen molar-refractivity contribution in [2.24, 2.45) is 0 Å². The molecule has 1 aliphatic carbocycles. The van der Waals surface area contributed by atoms with Crippen molar-refractivity contribution in [2.45, 2.75) is 50.1 Å². The summed E-state index contributed by atoms with van der Waals surface area (Å²) in [5.74, 6) is 0. The van der Waals surface area contributed by atoms with Gasteiger partial charge in [-0.05, 0) is 48.2 Å². The molecule has 3 atom stereocenters. The Morgan fingerprint density at radius 1 is 1.43 bits per heavy atom. The normalized spacial score (nSPS) is 26.5. The first-order chi connectivity index (χ1) is 9.58. The number of hydrogen-bond donors (Lipinski definition) is 0. The third-order valence-electron chi connectivity index (χ3n) is 4.22. The van der Waals surface area contributed by atoms with Crippen molar-refractivity contribution in [3.63, 3.8) is 0 Å². The highest BCUT2D eigenvalue weighted by atomic mass is 79.9. The van der Waals surface area contributed by atoms with Gasteiger partial charge in [0.1, 0.15) is 5.25 Å². The first kappa shape index (κ1) is 15.0. The largest absolute Gasteiger partial charge is 0.609 e. The highest BCUT2D eigenvalue weighted by Gasteiger charge is 2.44. The van der Waals surface area contributed by atoms with Crippen LogP contribution < -0.4 is 5.56 Å². The molecule has 2 bridgehead atoms. The molecule has 0 saturated heterocycles. The minimum atomic E-state index is -1.23. The molecule has 2 aromatic heterocycles. The van der Waals surface area contributed by atoms with Crippen molar-refractivity contribution in [2.75, 3.05) is 0 Å². The predicted molar refractivity (Wildman–Crippen MR) is 86.1 cm³/mol. The average molecular weight is 370 g/mol. The molecule has 112 valence electrons. The van der Waals surface area contributed by atoms with Gasteiger partial charge in [0.25, 0.3) is 5.56 Å². The van der Waals surface area contributed by atoms with E-state index in [1.165, 1.54) is 0 Å². The van der Waals surface area contributed by atoms with E-state index in [1.807, 2.05) is 6.92 Å². The molecule has 0 spiro atoms. The second-order valence-electron chi connectivity index (χ2n) is 5.33. The van der Waals surface area contributed by atoms with Gasteiger partial charge in [-0.2, -0.15) is 9.97 Å². The van der Waals surface area contributed by atoms with Crippen molar-refractivity contribution >= 4 is 38.1 Å². The van der Waals surface area contributed by atoms with Gasteiger partial charge in [-0.25, -0.2) is 0 Å². The Bertz CT molecular complexity index is 792. The first-order valence-electron chi connectivity index (χ1n) is 6.58. The number of pyridine rings is 1. The zero-order valence-corrected chi connectivity index (χ0v) is 13.2. The highest BCUT2D eigenvalue weighted by Crippen LogP contribution is 2.40. The van der Waals surface area contributed by atoms with E-state index in [1.54, 1.807) is 10.6 Å². The lowest BCUT2D eigenvalue weighted by molar-refractivity contribution is 0.500. The lowest BCUT2D eigenvalue weighted by atomic mass is 10.2. The molecule has 1 aliphatic heterocycles. The molecular formula is C14H16BrN3O2S. The van der Waals surface area contributed by atoms with E-state index in [0.717, 1.165) is 30.3 Å². The van der Waals surface area contributed by atoms with E-state index in [0.29, 0.717) is 15.3 Å². The summed E-state index contributed by atoms with van der Waals surface area (Å²) < 4.78 is 14.9. The smallest absolute Gasteiger partial charge is 0.345 e. The summed E-state index contributed by atoms with van der Waals surface area (Å²) in [4.78, 5) is 21.3. The molecule has 0 aromatic carbocycles. The van der Waals surface area contributed by atoms with Gasteiger partial charge in [0.2, 0.25) is 0 Å². The number of aryl methyl sites for hydroxylation is 1. The van der Waals surface area contributed by atoms with E-state index in [2.05, 4.69) is 25.9 Å². The van der Waals surface area contributed by atoms with Crippen LogP contribution in [0.2, 0.25) is 0 Å². The molecule has 4 rings (SSSR count). The number of halogens is 1. The summed E-state index contributed by atoms with van der Waals surface area (Å²) in [6, 6.07) is 1.74. The molecule has 0 N–H and O–H groups in total. The van der Waals surface area contributed by atoms with Crippen molar-refractivity contribution in [3.05, 3.63) is 26.6 Å². The van der Waals surface area contributed by atoms with Crippen LogP contribution in [0.5, 0.6) is 0 Å². The van der Waals surface area contributed by atoms with Gasteiger partial charge < -0.3 is 4.55 Å². The van der Waals surface area contributed by atoms with Gasteiger partial charge >= 0.3 is 5.16 Å². The Balaban J connectivity index is 0.00000132. The second-order valence-corrected chi connectivity index (χ2v) is 7.75. The topological polar surface area (TPSA) is 70.8 Å². The van der Waals surface area contributed by atoms with Crippen LogP contribution in [-0.4, -0.2) is 24.3 Å². The van der Waals surface area contributed by atoms with E-state index in [9.17, 15) is 9.35 Å². The maximum atomic E-state index is 12.6. The van der Waals surface area contributed by atoms with Crippen molar-refractivity contribution < 1.29 is 4.55 Å². The van der Waals surface area contributed by atoms with Crippen molar-refractivity contribution in [1.29, 1.82) is 0 Å². The number of rotatable bonds is 0. The maximum Gasteiger partial charge on any atom is 0.345 e. The average Bonchev–Trinajstić information content (AvgIpc) is 2.86. The molecule has 5 nitrogen and oxygen atoms in total. The molecule has 3 heterocycles. The molecule has 3 unspecified atom stereocenters. The monoisotopic (exact) mass is 369 g/mol. The molecule has 1 saturated carbocycles. The van der Waals surface area contributed by atoms with Crippen molar-refractivity contribution in [1.82, 2.24) is 14.5 Å². The van der Waals surface area contributed by atoms with Crippen LogP contribution in [0.25, 0.3) is 11.0 Å². The number of fused-ring (bicyclic) bond motifs is 3. The van der Waals surface area contributed by atoms with Crippen LogP contribution in [0.3, 0.4) is 0 Å². The Morgan fingerprint density at radius 3 is 2.95 bits per heavy atom. The predicted octanol–water partition coefficient (Wildman–Crippen LogP) is 2.71. The van der Waals surface area contributed by atoms with E-state index < -0.39 is 11.2 Å². The molecule has 21 heavy (non-hydrogen) atoms. The van der Waals surface area contributed by atoms with E-state index in [4.69, 9.17) is 0 Å². The Hall–Kier alpha value is -0.920. The standard InChI is InChI=1S/C13H12BrN3O2S.CH4/c1-6-7-5-8(14)12(18)17-9-3-2-4-10(9)20(19)13(15-6)16-11(7)17;/h5,9-10H,2-4H2,1H3;1H4. The molecule has 2 aromatic rings. The lowest BCUT2D eigenvalue weighted by Gasteiger charge is -2.20. The third kappa shape index (κ3) is 1.98. The first-order valence-corrected chi connectivity index (χ1v) is 8.58. The maximum absolute atomic E-state index is 12.6. The van der Waals surface area contributed by atoms with Crippen molar-refractivity contribution in [3.8, 4) is 0 Å². The second kappa shape index (κ2) is 5.07. The summed E-state index contributed by atoms with van der Waals surface area (Å²) >= 11 is 2.11. The van der Waals surface area contributed by atoms with Gasteiger partial charge in [0.15, 0.2) is 5.65 Å². The minimum absolute atomic E-state index is 0. The Kier molecular flexibility index (Phi) is 3.62. The Morgan fingerprint density at radius 2 is 2.19 bits per heavy atom. The van der Waals surface area contributed by atoms with E-state index in [-0.39, 0.29) is 24.3 Å². The van der Waals surface area contributed by atoms with Crippen LogP contribution in [0.1, 0.15) is 38.4 Å². The van der Waals surface area contributed by atoms with Crippen LogP contribution in [0.15, 0.2) is 20.5 Å². The summed E-state index contributed by atoms with van der Waals surface area (Å²) in [7, 11) is 0. The third-order valence-corrected chi connectivity index (χ3v) is 6.43. The summed E-state index contributed by atoms with van der Waals surface area (Å²) in [6.45, 7) is 1.87. The summed E-state index contributed by atoms with van der Waals surface area (Å²) in [5, 5.41) is 1.18. The van der Waals surface area contributed by atoms with Gasteiger partial charge in [-0.15, -0.1) is 0 Å². The molecule has 0 radical (unpaired) electrons. The minimum Gasteiger partial charge on any atom is -0.609 e. The fourth-order valence-corrected chi connectivity index (χ4v) is 5.30. The van der Waals surface area contributed by atoms with Gasteiger partial charge in [-0.1, -0.05) is 7.43 Å². The fourth-order valence-electron chi connectivity index (χ4n) is 3.28. The zero-order valence-electron chi connectivity index (χ0n) is 10.8. The molecule has 1 fully saturated rings. The fraction of sp³-hybridized carbons (Fsp3) is 0.500. The van der Waals surface area contributed by atoms with Gasteiger partial charge in [0.05, 0.1) is 16.2 Å². The lowest BCUT2D eigenvalue weighted by Crippen LogP contribution is -2.32. The van der Waals surface area contributed by atoms with Gasteiger partial charge in [0, 0.05) is 16.6 Å². The van der Waals surface area contributed by atoms with Crippen LogP contribution in [-0.2, 0) is 11.2 Å². The number of nitrogens with zero attached hydrogens (tertiary/aromatic N) is 3. The summed E-state index contributed by atoms with van der Waals surface area (Å²) in [5.41, 5.74) is 1.31.